The van der Waals surface area contributed by atoms with E-state index in [1.807, 2.05) is 6.92 Å². The van der Waals surface area contributed by atoms with Crippen LogP contribution in [0, 0.1) is 0 Å². The molecule has 0 bridgehead atoms. The van der Waals surface area contributed by atoms with Crippen LogP contribution in [-0.2, 0) is 9.59 Å². The van der Waals surface area contributed by atoms with Crippen LogP contribution in [0.25, 0.3) is 0 Å². The summed E-state index contributed by atoms with van der Waals surface area (Å²) >= 11 is 0. The first-order valence-corrected chi connectivity index (χ1v) is 4.18. The first-order chi connectivity index (χ1) is 6.07. The van der Waals surface area contributed by atoms with Gasteiger partial charge in [-0.1, -0.05) is 6.92 Å². The highest BCUT2D eigenvalue weighted by Crippen LogP contribution is 2.10. The molecule has 1 aliphatic heterocycles. The second-order valence-corrected chi connectivity index (χ2v) is 2.96. The van der Waals surface area contributed by atoms with E-state index in [0.29, 0.717) is 13.0 Å². The molecule has 1 rings (SSSR count). The van der Waals surface area contributed by atoms with E-state index < -0.39 is 17.8 Å². The zero-order chi connectivity index (χ0) is 10.0. The van der Waals surface area contributed by atoms with Crippen molar-refractivity contribution in [1.82, 2.24) is 9.80 Å². The van der Waals surface area contributed by atoms with E-state index >= 15 is 0 Å². The highest BCUT2D eigenvalue weighted by Gasteiger charge is 2.34. The van der Waals surface area contributed by atoms with Gasteiger partial charge in [-0.3, -0.25) is 19.4 Å². The molecule has 72 valence electrons. The Hall–Kier alpha value is -1.39. The van der Waals surface area contributed by atoms with Crippen LogP contribution in [-0.4, -0.2) is 41.2 Å². The lowest BCUT2D eigenvalue weighted by molar-refractivity contribution is -0.141. The minimum absolute atomic E-state index is 0.192. The Balaban J connectivity index is 2.79. The van der Waals surface area contributed by atoms with Crippen molar-refractivity contribution < 1.29 is 14.4 Å². The Bertz CT molecular complexity index is 262. The van der Waals surface area contributed by atoms with Gasteiger partial charge < -0.3 is 0 Å². The second-order valence-electron chi connectivity index (χ2n) is 2.96. The summed E-state index contributed by atoms with van der Waals surface area (Å²) in [4.78, 5) is 35.7. The van der Waals surface area contributed by atoms with Gasteiger partial charge in [0.15, 0.2) is 0 Å². The fourth-order valence-electron chi connectivity index (χ4n) is 1.18. The quantitative estimate of drug-likeness (QED) is 0.576. The molecule has 0 unspecified atom stereocenters. The zero-order valence-electron chi connectivity index (χ0n) is 7.74. The van der Waals surface area contributed by atoms with Gasteiger partial charge in [-0.15, -0.1) is 0 Å². The average Bonchev–Trinajstić information content (AvgIpc) is 2.09. The van der Waals surface area contributed by atoms with Gasteiger partial charge in [0.25, 0.3) is 0 Å². The maximum atomic E-state index is 11.3. The molecule has 1 saturated heterocycles. The standard InChI is InChI=1S/C8H12N2O3/c1-3-4-10-7(12)5-6(11)9(2)8(10)13/h3-5H2,1-2H3. The summed E-state index contributed by atoms with van der Waals surface area (Å²) in [5.74, 6) is -0.822. The fourth-order valence-corrected chi connectivity index (χ4v) is 1.18. The van der Waals surface area contributed by atoms with E-state index in [9.17, 15) is 14.4 Å². The maximum absolute atomic E-state index is 11.3. The number of hydrogen-bond acceptors (Lipinski definition) is 3. The predicted molar refractivity (Wildman–Crippen MR) is 44.8 cm³/mol. The topological polar surface area (TPSA) is 57.7 Å². The molecule has 0 N–H and O–H groups in total. The number of carbonyl (C=O) groups excluding carboxylic acids is 3. The summed E-state index contributed by atoms with van der Waals surface area (Å²) in [6.45, 7) is 2.26. The molecule has 0 aromatic heterocycles. The number of urea groups is 1. The van der Waals surface area contributed by atoms with E-state index in [1.54, 1.807) is 0 Å². The predicted octanol–water partition coefficient (Wildman–Crippen LogP) is 0.207. The van der Waals surface area contributed by atoms with Crippen molar-refractivity contribution in [3.63, 3.8) is 0 Å². The number of amides is 4. The maximum Gasteiger partial charge on any atom is 0.333 e. The van der Waals surface area contributed by atoms with Crippen LogP contribution in [0.2, 0.25) is 0 Å². The number of barbiturate groups is 1. The molecule has 4 amide bonds. The van der Waals surface area contributed by atoms with Crippen LogP contribution < -0.4 is 0 Å². The minimum atomic E-state index is -0.511. The van der Waals surface area contributed by atoms with Crippen molar-refractivity contribution in [2.24, 2.45) is 0 Å². The summed E-state index contributed by atoms with van der Waals surface area (Å²) in [5, 5.41) is 0. The van der Waals surface area contributed by atoms with Gasteiger partial charge in [0.05, 0.1) is 0 Å². The molecule has 0 aliphatic carbocycles. The summed E-state index contributed by atoms with van der Waals surface area (Å²) in [6, 6.07) is -0.511. The Morgan fingerprint density at radius 2 is 1.85 bits per heavy atom. The molecular weight excluding hydrogens is 172 g/mol. The summed E-state index contributed by atoms with van der Waals surface area (Å²) in [7, 11) is 1.39. The number of carbonyl (C=O) groups is 3. The number of rotatable bonds is 2. The molecule has 1 heterocycles. The van der Waals surface area contributed by atoms with E-state index in [-0.39, 0.29) is 6.42 Å². The van der Waals surface area contributed by atoms with Gasteiger partial charge in [-0.2, -0.15) is 0 Å². The Kier molecular flexibility index (Phi) is 2.65. The number of imide groups is 2. The lowest BCUT2D eigenvalue weighted by Crippen LogP contribution is -2.53. The van der Waals surface area contributed by atoms with Crippen molar-refractivity contribution >= 4 is 17.8 Å². The van der Waals surface area contributed by atoms with Crippen LogP contribution in [0.5, 0.6) is 0 Å². The van der Waals surface area contributed by atoms with Gasteiger partial charge in [0.2, 0.25) is 11.8 Å². The van der Waals surface area contributed by atoms with Gasteiger partial charge >= 0.3 is 6.03 Å². The van der Waals surface area contributed by atoms with Gasteiger partial charge in [-0.05, 0) is 6.42 Å². The molecule has 5 heteroatoms. The molecule has 0 aromatic carbocycles. The van der Waals surface area contributed by atoms with E-state index in [2.05, 4.69) is 0 Å². The van der Waals surface area contributed by atoms with Crippen LogP contribution in [0.3, 0.4) is 0 Å². The van der Waals surface area contributed by atoms with Crippen LogP contribution in [0.4, 0.5) is 4.79 Å². The van der Waals surface area contributed by atoms with Crippen molar-refractivity contribution in [3.05, 3.63) is 0 Å². The van der Waals surface area contributed by atoms with Gasteiger partial charge in [-0.25, -0.2) is 4.79 Å². The third kappa shape index (κ3) is 1.68. The summed E-state index contributed by atoms with van der Waals surface area (Å²) in [6.07, 6.45) is 0.516. The van der Waals surface area contributed by atoms with E-state index in [1.165, 1.54) is 7.05 Å². The lowest BCUT2D eigenvalue weighted by atomic mass is 10.2. The molecule has 0 atom stereocenters. The fraction of sp³-hybridized carbons (Fsp3) is 0.625. The first-order valence-electron chi connectivity index (χ1n) is 4.18. The van der Waals surface area contributed by atoms with Crippen LogP contribution in [0.15, 0.2) is 0 Å². The van der Waals surface area contributed by atoms with Crippen LogP contribution in [0.1, 0.15) is 19.8 Å². The van der Waals surface area contributed by atoms with Crippen molar-refractivity contribution in [3.8, 4) is 0 Å². The monoisotopic (exact) mass is 184 g/mol. The molecule has 5 nitrogen and oxygen atoms in total. The van der Waals surface area contributed by atoms with Crippen LogP contribution >= 0.6 is 0 Å². The van der Waals surface area contributed by atoms with Gasteiger partial charge in [0, 0.05) is 13.6 Å². The third-order valence-electron chi connectivity index (χ3n) is 1.94. The summed E-state index contributed by atoms with van der Waals surface area (Å²) in [5.41, 5.74) is 0. The van der Waals surface area contributed by atoms with E-state index in [0.717, 1.165) is 9.80 Å². The normalized spacial score (nSPS) is 18.5. The lowest BCUT2D eigenvalue weighted by Gasteiger charge is -2.29. The second kappa shape index (κ2) is 3.55. The zero-order valence-corrected chi connectivity index (χ0v) is 7.74. The smallest absolute Gasteiger partial charge is 0.274 e. The molecule has 1 fully saturated rings. The molecule has 1 aliphatic rings. The Morgan fingerprint density at radius 1 is 1.23 bits per heavy atom. The van der Waals surface area contributed by atoms with Gasteiger partial charge in [0.1, 0.15) is 6.42 Å². The van der Waals surface area contributed by atoms with Crippen molar-refractivity contribution in [2.45, 2.75) is 19.8 Å². The largest absolute Gasteiger partial charge is 0.333 e. The van der Waals surface area contributed by atoms with Crippen molar-refractivity contribution in [1.29, 1.82) is 0 Å². The Labute approximate surface area is 76.3 Å². The molecule has 0 saturated carbocycles. The molecular formula is C8H12N2O3. The minimum Gasteiger partial charge on any atom is -0.274 e. The Morgan fingerprint density at radius 3 is 2.38 bits per heavy atom. The molecule has 0 radical (unpaired) electrons. The summed E-state index contributed by atoms with van der Waals surface area (Å²) < 4.78 is 0. The first kappa shape index (κ1) is 9.70. The third-order valence-corrected chi connectivity index (χ3v) is 1.94. The number of nitrogens with zero attached hydrogens (tertiary/aromatic N) is 2. The highest BCUT2D eigenvalue weighted by atomic mass is 16.2. The molecule has 0 aromatic rings. The average molecular weight is 184 g/mol. The molecule has 0 spiro atoms. The van der Waals surface area contributed by atoms with E-state index in [4.69, 9.17) is 0 Å². The van der Waals surface area contributed by atoms with Crippen molar-refractivity contribution in [2.75, 3.05) is 13.6 Å². The SMILES string of the molecule is CCCN1C(=O)CC(=O)N(C)C1=O. The highest BCUT2D eigenvalue weighted by molar-refractivity contribution is 6.13. The number of hydrogen-bond donors (Lipinski definition) is 0. The molecule has 13 heavy (non-hydrogen) atoms.